The highest BCUT2D eigenvalue weighted by atomic mass is 16.3. The highest BCUT2D eigenvalue weighted by Crippen LogP contribution is 2.41. The van der Waals surface area contributed by atoms with Crippen molar-refractivity contribution in [1.82, 2.24) is 0 Å². The average molecular weight is 551 g/mol. The zero-order valence-electron chi connectivity index (χ0n) is 27.3. The first-order valence-electron chi connectivity index (χ1n) is 14.7. The maximum absolute atomic E-state index is 10.1. The second-order valence-corrected chi connectivity index (χ2v) is 12.1. The quantitative estimate of drug-likeness (QED) is 0.240. The van der Waals surface area contributed by atoms with Gasteiger partial charge >= 0.3 is 0 Å². The van der Waals surface area contributed by atoms with Crippen LogP contribution in [0.2, 0.25) is 0 Å². The number of hydrogen-bond donors (Lipinski definition) is 1. The van der Waals surface area contributed by atoms with E-state index in [1.807, 2.05) is 0 Å². The van der Waals surface area contributed by atoms with E-state index < -0.39 is 0 Å². The lowest BCUT2D eigenvalue weighted by molar-refractivity contribution is 0.116. The molecule has 1 aliphatic carbocycles. The molecule has 1 heteroatoms. The first-order chi connectivity index (χ1) is 19.3. The van der Waals surface area contributed by atoms with E-state index in [1.54, 1.807) is 0 Å². The molecule has 0 aromatic heterocycles. The Kier molecular flexibility index (Phi) is 16.4. The molecule has 0 aromatic rings. The fourth-order valence-electron chi connectivity index (χ4n) is 4.53. The van der Waals surface area contributed by atoms with Gasteiger partial charge in [0.2, 0.25) is 0 Å². The molecule has 0 saturated heterocycles. The van der Waals surface area contributed by atoms with Crippen LogP contribution in [-0.2, 0) is 0 Å². The molecule has 0 spiro atoms. The van der Waals surface area contributed by atoms with Gasteiger partial charge in [0.05, 0.1) is 6.10 Å². The van der Waals surface area contributed by atoms with E-state index in [9.17, 15) is 5.11 Å². The van der Waals surface area contributed by atoms with Gasteiger partial charge in [0.1, 0.15) is 0 Å². The molecule has 0 aliphatic heterocycles. The van der Waals surface area contributed by atoms with Gasteiger partial charge in [-0.2, -0.15) is 0 Å². The van der Waals surface area contributed by atoms with Crippen LogP contribution in [0.5, 0.6) is 0 Å². The minimum absolute atomic E-state index is 0.00964. The molecule has 0 fully saturated rings. The van der Waals surface area contributed by atoms with Crippen molar-refractivity contribution in [2.24, 2.45) is 5.41 Å². The van der Waals surface area contributed by atoms with E-state index in [1.165, 1.54) is 44.6 Å². The molecule has 1 N–H and O–H groups in total. The zero-order chi connectivity index (χ0) is 30.8. The van der Waals surface area contributed by atoms with Crippen LogP contribution in [-0.4, -0.2) is 11.2 Å². The number of rotatable bonds is 12. The minimum atomic E-state index is -0.223. The molecule has 1 rings (SSSR count). The van der Waals surface area contributed by atoms with Gasteiger partial charge < -0.3 is 5.11 Å². The molecule has 0 radical (unpaired) electrons. The Balaban J connectivity index is 2.63. The summed E-state index contributed by atoms with van der Waals surface area (Å²) in [6, 6.07) is 0. The maximum Gasteiger partial charge on any atom is 0.0585 e. The van der Waals surface area contributed by atoms with Gasteiger partial charge in [-0.1, -0.05) is 162 Å². The van der Waals surface area contributed by atoms with E-state index in [0.717, 1.165) is 12.8 Å². The molecule has 0 saturated carbocycles. The molecule has 1 aliphatic rings. The molecule has 41 heavy (non-hydrogen) atoms. The van der Waals surface area contributed by atoms with E-state index >= 15 is 0 Å². The molecular weight excluding hydrogens is 496 g/mol. The van der Waals surface area contributed by atoms with Gasteiger partial charge in [-0.15, -0.1) is 0 Å². The predicted molar refractivity (Wildman–Crippen MR) is 185 cm³/mol. The van der Waals surface area contributed by atoms with Crippen molar-refractivity contribution in [3.63, 3.8) is 0 Å². The van der Waals surface area contributed by atoms with Gasteiger partial charge in [0.15, 0.2) is 0 Å². The topological polar surface area (TPSA) is 20.2 Å². The van der Waals surface area contributed by atoms with E-state index in [4.69, 9.17) is 0 Å². The molecule has 0 aromatic carbocycles. The van der Waals surface area contributed by atoms with E-state index in [-0.39, 0.29) is 11.5 Å². The third-order valence-electron chi connectivity index (χ3n) is 6.76. The third-order valence-corrected chi connectivity index (χ3v) is 6.76. The number of allylic oxidation sites excluding steroid dienone is 25. The highest BCUT2D eigenvalue weighted by molar-refractivity contribution is 5.38. The largest absolute Gasteiger partial charge is 0.393 e. The van der Waals surface area contributed by atoms with Gasteiger partial charge in [-0.3, -0.25) is 0 Å². The Labute approximate surface area is 252 Å². The molecule has 0 bridgehead atoms. The lowest BCUT2D eigenvalue weighted by atomic mass is 9.71. The van der Waals surface area contributed by atoms with Gasteiger partial charge in [0, 0.05) is 0 Å². The maximum atomic E-state index is 10.1. The zero-order valence-corrected chi connectivity index (χ0v) is 27.3. The van der Waals surface area contributed by atoms with E-state index in [2.05, 4.69) is 179 Å². The summed E-state index contributed by atoms with van der Waals surface area (Å²) >= 11 is 0. The van der Waals surface area contributed by atoms with Crippen molar-refractivity contribution in [1.29, 1.82) is 0 Å². The summed E-state index contributed by atoms with van der Waals surface area (Å²) in [5.41, 5.74) is 9.97. The van der Waals surface area contributed by atoms with Crippen molar-refractivity contribution in [2.75, 3.05) is 0 Å². The summed E-state index contributed by atoms with van der Waals surface area (Å²) in [7, 11) is 0. The molecule has 0 amide bonds. The molecule has 0 heterocycles. The second-order valence-electron chi connectivity index (χ2n) is 12.1. The molecule has 1 nitrogen and oxygen atoms in total. The standard InChI is InChI=1S/C40H54O/c1-31(2)17-13-20-34(5)23-15-25-35(6)24-14-21-32(3)18-11-12-19-33(4)22-16-26-36(7)27-28-39-37(8)29-38(41)30-40(39,9)10/h11-28,38,41H,29-30H2,1-10H3/b12-11+,20-13-,21-14+,22-16-,25-15+,28-27+,32-18+,33-19+,34-23-,35-24+,36-26+/t38-/m1/s1. The smallest absolute Gasteiger partial charge is 0.0585 e. The summed E-state index contributed by atoms with van der Waals surface area (Å²) in [6.45, 7) is 21.3. The first-order valence-corrected chi connectivity index (χ1v) is 14.7. The third kappa shape index (κ3) is 16.4. The summed E-state index contributed by atoms with van der Waals surface area (Å²) in [5, 5.41) is 10.1. The van der Waals surface area contributed by atoms with Gasteiger partial charge in [-0.25, -0.2) is 0 Å². The Morgan fingerprint density at radius 2 is 0.951 bits per heavy atom. The Bertz CT molecular complexity index is 1260. The number of aliphatic hydroxyl groups is 1. The molecule has 0 unspecified atom stereocenters. The van der Waals surface area contributed by atoms with Crippen LogP contribution < -0.4 is 0 Å². The number of aliphatic hydroxyl groups excluding tert-OH is 1. The van der Waals surface area contributed by atoms with Crippen LogP contribution in [0.25, 0.3) is 0 Å². The van der Waals surface area contributed by atoms with Crippen LogP contribution in [0.1, 0.15) is 82.1 Å². The van der Waals surface area contributed by atoms with Crippen LogP contribution in [0.15, 0.2) is 154 Å². The summed E-state index contributed by atoms with van der Waals surface area (Å²) in [4.78, 5) is 0. The van der Waals surface area contributed by atoms with E-state index in [0.29, 0.717) is 0 Å². The fraction of sp³-hybridized carbons (Fsp3) is 0.350. The monoisotopic (exact) mass is 550 g/mol. The van der Waals surface area contributed by atoms with Gasteiger partial charge in [0.25, 0.3) is 0 Å². The van der Waals surface area contributed by atoms with Crippen molar-refractivity contribution in [3.05, 3.63) is 154 Å². The molecule has 1 atom stereocenters. The summed E-state index contributed by atoms with van der Waals surface area (Å²) in [6.07, 6.45) is 39.5. The van der Waals surface area contributed by atoms with Crippen molar-refractivity contribution in [2.45, 2.75) is 88.2 Å². The molecular formula is C40H54O. The average Bonchev–Trinajstić information content (AvgIpc) is 2.85. The highest BCUT2D eigenvalue weighted by Gasteiger charge is 2.31. The lowest BCUT2D eigenvalue weighted by Gasteiger charge is -2.35. The molecule has 220 valence electrons. The van der Waals surface area contributed by atoms with Gasteiger partial charge in [-0.05, 0) is 79.2 Å². The number of hydrogen-bond acceptors (Lipinski definition) is 1. The predicted octanol–water partition coefficient (Wildman–Crippen LogP) is 11.5. The first kappa shape index (κ1) is 35.6. The van der Waals surface area contributed by atoms with Crippen molar-refractivity contribution < 1.29 is 5.11 Å². The van der Waals surface area contributed by atoms with Crippen LogP contribution in [0, 0.1) is 5.41 Å². The van der Waals surface area contributed by atoms with Crippen LogP contribution in [0.3, 0.4) is 0 Å². The van der Waals surface area contributed by atoms with Crippen LogP contribution in [0.4, 0.5) is 0 Å². The lowest BCUT2D eigenvalue weighted by Crippen LogP contribution is -2.28. The SMILES string of the molecule is CC(C)=C\C=C/C(C)=C\C=C\C(C)=C\C=C\C(C)=C\C=C\C=C(C)\C=C/C=C(C)/C=C/C1=C(C)C[C@@H](O)CC1(C)C. The second kappa shape index (κ2) is 18.8. The fourth-order valence-corrected chi connectivity index (χ4v) is 4.53. The Hall–Kier alpha value is -3.42. The van der Waals surface area contributed by atoms with Crippen molar-refractivity contribution in [3.8, 4) is 0 Å². The Morgan fingerprint density at radius 3 is 1.34 bits per heavy atom. The van der Waals surface area contributed by atoms with Crippen LogP contribution >= 0.6 is 0 Å². The van der Waals surface area contributed by atoms with Crippen molar-refractivity contribution >= 4 is 0 Å². The minimum Gasteiger partial charge on any atom is -0.393 e. The Morgan fingerprint density at radius 1 is 0.585 bits per heavy atom. The summed E-state index contributed by atoms with van der Waals surface area (Å²) in [5.74, 6) is 0. The summed E-state index contributed by atoms with van der Waals surface area (Å²) < 4.78 is 0. The normalized spacial score (nSPS) is 20.4.